The van der Waals surface area contributed by atoms with Crippen molar-refractivity contribution in [1.82, 2.24) is 4.98 Å². The third kappa shape index (κ3) is 8.81. The molecule has 1 saturated heterocycles. The highest BCUT2D eigenvalue weighted by Gasteiger charge is 2.52. The fourth-order valence-electron chi connectivity index (χ4n) is 6.20. The summed E-state index contributed by atoms with van der Waals surface area (Å²) >= 11 is 8.24. The lowest BCUT2D eigenvalue weighted by atomic mass is 9.89. The van der Waals surface area contributed by atoms with Crippen molar-refractivity contribution in [3.05, 3.63) is 172 Å². The average molecular weight is 728 g/mol. The predicted octanol–water partition coefficient (Wildman–Crippen LogP) is 10.1. The van der Waals surface area contributed by atoms with Crippen molar-refractivity contribution >= 4 is 22.9 Å². The molecule has 0 saturated carbocycles. The number of rotatable bonds is 14. The Morgan fingerprint density at radius 3 is 1.86 bits per heavy atom. The molecule has 10 heteroatoms. The van der Waals surface area contributed by atoms with Gasteiger partial charge in [-0.25, -0.2) is 13.8 Å². The summed E-state index contributed by atoms with van der Waals surface area (Å²) in [6.07, 6.45) is -4.49. The molecule has 1 aliphatic rings. The molecule has 4 aromatic carbocycles. The van der Waals surface area contributed by atoms with E-state index in [1.165, 1.54) is 11.3 Å². The van der Waals surface area contributed by atoms with Crippen molar-refractivity contribution < 1.29 is 32.1 Å². The van der Waals surface area contributed by atoms with Crippen LogP contribution in [0, 0.1) is 0 Å². The molecule has 1 aliphatic heterocycles. The Kier molecular flexibility index (Phi) is 11.6. The second kappa shape index (κ2) is 16.9. The number of benzene rings is 4. The van der Waals surface area contributed by atoms with Crippen molar-refractivity contribution in [2.75, 3.05) is 0 Å². The maximum absolute atomic E-state index is 15.1. The molecule has 0 radical (unpaired) electrons. The quantitative estimate of drug-likeness (QED) is 0.111. The third-order valence-electron chi connectivity index (χ3n) is 8.74. The van der Waals surface area contributed by atoms with Crippen LogP contribution in [0.5, 0.6) is 0 Å². The number of hydrogen-bond acceptors (Lipinski definition) is 7. The molecule has 6 aromatic rings. The lowest BCUT2D eigenvalue weighted by Gasteiger charge is -2.46. The van der Waals surface area contributed by atoms with Crippen LogP contribution in [0.25, 0.3) is 10.6 Å². The van der Waals surface area contributed by atoms with Crippen LogP contribution < -0.4 is 0 Å². The Morgan fingerprint density at radius 2 is 1.29 bits per heavy atom. The van der Waals surface area contributed by atoms with Crippen LogP contribution >= 0.6 is 22.9 Å². The molecule has 3 heterocycles. The van der Waals surface area contributed by atoms with E-state index in [1.807, 2.05) is 109 Å². The van der Waals surface area contributed by atoms with E-state index in [9.17, 15) is 0 Å². The summed E-state index contributed by atoms with van der Waals surface area (Å²) in [5.74, 6) is 0.733. The number of aromatic nitrogens is 1. The fourth-order valence-corrected chi connectivity index (χ4v) is 7.29. The zero-order valence-corrected chi connectivity index (χ0v) is 29.1. The number of furan rings is 1. The Bertz CT molecular complexity index is 1950. The molecule has 5 atom stereocenters. The summed E-state index contributed by atoms with van der Waals surface area (Å²) in [6, 6.07) is 37.9. The zero-order valence-electron chi connectivity index (χ0n) is 27.5. The number of nitrogens with zero attached hydrogens (tertiary/aromatic N) is 1. The minimum Gasteiger partial charge on any atom is -0.463 e. The van der Waals surface area contributed by atoms with E-state index < -0.39 is 36.9 Å². The topological polar surface area (TPSA) is 63.0 Å². The van der Waals surface area contributed by atoms with Gasteiger partial charge in [0.05, 0.1) is 36.0 Å². The molecule has 2 aromatic heterocycles. The SMILES string of the molecule is FC(F)C1OC(c2ccc(Cl)c(Cc3ncc(-c4ccco4)s3)c2)C(OCc2ccccc2)C(OCc2ccccc2)C1OCc1ccccc1. The summed E-state index contributed by atoms with van der Waals surface area (Å²) in [5, 5.41) is 1.35. The number of ether oxygens (including phenoxy) is 4. The largest absolute Gasteiger partial charge is 0.463 e. The van der Waals surface area contributed by atoms with Crippen LogP contribution in [0.2, 0.25) is 5.02 Å². The van der Waals surface area contributed by atoms with E-state index in [1.54, 1.807) is 24.6 Å². The van der Waals surface area contributed by atoms with Gasteiger partial charge >= 0.3 is 0 Å². The minimum atomic E-state index is -2.87. The maximum Gasteiger partial charge on any atom is 0.267 e. The van der Waals surface area contributed by atoms with Crippen molar-refractivity contribution in [2.45, 2.75) is 63.2 Å². The number of halogens is 3. The van der Waals surface area contributed by atoms with Gasteiger partial charge in [-0.3, -0.25) is 0 Å². The summed E-state index contributed by atoms with van der Waals surface area (Å²) in [6.45, 7) is 0.465. The number of alkyl halides is 2. The summed E-state index contributed by atoms with van der Waals surface area (Å²) in [5.41, 5.74) is 4.07. The molecule has 5 unspecified atom stereocenters. The van der Waals surface area contributed by atoms with E-state index in [0.717, 1.165) is 37.9 Å². The van der Waals surface area contributed by atoms with E-state index in [0.29, 0.717) is 17.0 Å². The fraction of sp³-hybridized carbons (Fsp3) is 0.244. The predicted molar refractivity (Wildman–Crippen MR) is 193 cm³/mol. The maximum atomic E-state index is 15.1. The lowest BCUT2D eigenvalue weighted by Crippen LogP contribution is -2.59. The minimum absolute atomic E-state index is 0.0955. The van der Waals surface area contributed by atoms with E-state index in [4.69, 9.17) is 35.0 Å². The second-order valence-electron chi connectivity index (χ2n) is 12.3. The van der Waals surface area contributed by atoms with Gasteiger partial charge < -0.3 is 23.4 Å². The molecular weight excluding hydrogens is 692 g/mol. The molecule has 0 amide bonds. The van der Waals surface area contributed by atoms with Gasteiger partial charge in [-0.2, -0.15) is 0 Å². The van der Waals surface area contributed by atoms with E-state index in [-0.39, 0.29) is 19.8 Å². The van der Waals surface area contributed by atoms with Crippen molar-refractivity contribution in [3.63, 3.8) is 0 Å². The standard InChI is InChI=1S/C41H36ClF2NO5S/c42-32-19-18-30(21-31(32)22-35-45-23-34(51-35)33-17-10-20-46-33)36-37(47-24-27-11-4-1-5-12-27)38(48-25-28-13-6-2-7-14-28)39(40(50-36)41(43)44)49-26-29-15-8-3-9-16-29/h1-21,23,36-41H,22,24-26H2. The average Bonchev–Trinajstić information content (AvgIpc) is 3.87. The summed E-state index contributed by atoms with van der Waals surface area (Å²) in [4.78, 5) is 5.49. The van der Waals surface area contributed by atoms with Gasteiger partial charge in [-0.05, 0) is 46.0 Å². The number of hydrogen-bond donors (Lipinski definition) is 0. The van der Waals surface area contributed by atoms with Gasteiger partial charge in [-0.15, -0.1) is 11.3 Å². The van der Waals surface area contributed by atoms with E-state index in [2.05, 4.69) is 4.98 Å². The first-order chi connectivity index (χ1) is 25.0. The molecule has 0 spiro atoms. The van der Waals surface area contributed by atoms with Crippen LogP contribution in [0.15, 0.2) is 138 Å². The normalized spacial score (nSPS) is 20.5. The molecule has 6 nitrogen and oxygen atoms in total. The van der Waals surface area contributed by atoms with Gasteiger partial charge in [0.25, 0.3) is 6.43 Å². The number of thiazole rings is 1. The van der Waals surface area contributed by atoms with Gasteiger partial charge in [0.2, 0.25) is 0 Å². The molecule has 0 bridgehead atoms. The van der Waals surface area contributed by atoms with Crippen LogP contribution in [0.1, 0.15) is 38.9 Å². The first-order valence-electron chi connectivity index (χ1n) is 16.7. The highest BCUT2D eigenvalue weighted by Crippen LogP contribution is 2.41. The van der Waals surface area contributed by atoms with Crippen LogP contribution in [0.3, 0.4) is 0 Å². The third-order valence-corrected chi connectivity index (χ3v) is 10.1. The summed E-state index contributed by atoms with van der Waals surface area (Å²) < 4.78 is 61.7. The monoisotopic (exact) mass is 727 g/mol. The summed E-state index contributed by atoms with van der Waals surface area (Å²) in [7, 11) is 0. The van der Waals surface area contributed by atoms with Crippen LogP contribution in [-0.2, 0) is 45.2 Å². The van der Waals surface area contributed by atoms with Gasteiger partial charge in [0.15, 0.2) is 0 Å². The van der Waals surface area contributed by atoms with Crippen molar-refractivity contribution in [2.24, 2.45) is 0 Å². The van der Waals surface area contributed by atoms with Gasteiger partial charge in [-0.1, -0.05) is 115 Å². The second-order valence-corrected chi connectivity index (χ2v) is 13.8. The highest BCUT2D eigenvalue weighted by atomic mass is 35.5. The first-order valence-corrected chi connectivity index (χ1v) is 17.9. The Hall–Kier alpha value is -4.22. The molecule has 1 fully saturated rings. The van der Waals surface area contributed by atoms with Gasteiger partial charge in [0, 0.05) is 17.6 Å². The van der Waals surface area contributed by atoms with Crippen molar-refractivity contribution in [1.29, 1.82) is 0 Å². The smallest absolute Gasteiger partial charge is 0.267 e. The molecule has 0 N–H and O–H groups in total. The van der Waals surface area contributed by atoms with E-state index >= 15 is 8.78 Å². The van der Waals surface area contributed by atoms with Crippen LogP contribution in [0.4, 0.5) is 8.78 Å². The van der Waals surface area contributed by atoms with Gasteiger partial charge in [0.1, 0.15) is 36.3 Å². The Morgan fingerprint density at radius 1 is 0.706 bits per heavy atom. The Labute approximate surface area is 304 Å². The first kappa shape index (κ1) is 35.2. The molecule has 0 aliphatic carbocycles. The lowest BCUT2D eigenvalue weighted by molar-refractivity contribution is -0.286. The molecule has 51 heavy (non-hydrogen) atoms. The van der Waals surface area contributed by atoms with Crippen LogP contribution in [-0.4, -0.2) is 35.8 Å². The molecular formula is C41H36ClF2NO5S. The van der Waals surface area contributed by atoms with Crippen molar-refractivity contribution in [3.8, 4) is 10.6 Å². The molecule has 7 rings (SSSR count). The highest BCUT2D eigenvalue weighted by molar-refractivity contribution is 7.15. The Balaban J connectivity index is 1.24. The molecule has 262 valence electrons. The zero-order chi connectivity index (χ0) is 35.0.